The number of esters is 1. The van der Waals surface area contributed by atoms with Crippen molar-refractivity contribution < 1.29 is 22.7 Å². The lowest BCUT2D eigenvalue weighted by Crippen LogP contribution is -2.31. The summed E-state index contributed by atoms with van der Waals surface area (Å²) in [6, 6.07) is 17.9. The number of rotatable bonds is 8. The van der Waals surface area contributed by atoms with Gasteiger partial charge < -0.3 is 9.64 Å². The number of thiophene rings is 1. The summed E-state index contributed by atoms with van der Waals surface area (Å²) >= 11 is 1.44. The first-order chi connectivity index (χ1) is 14.8. The number of nitrogens with one attached hydrogen (secondary N) is 1. The van der Waals surface area contributed by atoms with Crippen molar-refractivity contribution in [1.29, 1.82) is 0 Å². The Bertz CT molecular complexity index is 1140. The van der Waals surface area contributed by atoms with Gasteiger partial charge in [-0.2, -0.15) is 0 Å². The SMILES string of the molecule is CN(C)C(=O)C(OC(=O)c1cccc(S(=O)(=O)NCc2cccs2)c1)c1ccccc1. The van der Waals surface area contributed by atoms with E-state index in [1.54, 1.807) is 44.4 Å². The van der Waals surface area contributed by atoms with Crippen LogP contribution in [0.2, 0.25) is 0 Å². The zero-order valence-electron chi connectivity index (χ0n) is 17.0. The molecule has 1 unspecified atom stereocenters. The maximum Gasteiger partial charge on any atom is 0.339 e. The molecule has 0 radical (unpaired) electrons. The molecule has 1 aromatic heterocycles. The number of carbonyl (C=O) groups is 2. The highest BCUT2D eigenvalue weighted by Gasteiger charge is 2.27. The average Bonchev–Trinajstić information content (AvgIpc) is 3.30. The molecule has 0 bridgehead atoms. The molecule has 1 N–H and O–H groups in total. The first kappa shape index (κ1) is 22.7. The van der Waals surface area contributed by atoms with E-state index in [0.29, 0.717) is 5.56 Å². The molecule has 0 aliphatic heterocycles. The van der Waals surface area contributed by atoms with Crippen LogP contribution in [0.5, 0.6) is 0 Å². The van der Waals surface area contributed by atoms with E-state index in [0.717, 1.165) is 4.88 Å². The lowest BCUT2D eigenvalue weighted by molar-refractivity contribution is -0.138. The van der Waals surface area contributed by atoms with Gasteiger partial charge in [-0.3, -0.25) is 4.79 Å². The fourth-order valence-electron chi connectivity index (χ4n) is 2.75. The molecule has 0 saturated heterocycles. The Labute approximate surface area is 185 Å². The van der Waals surface area contributed by atoms with Gasteiger partial charge in [-0.25, -0.2) is 17.9 Å². The highest BCUT2D eigenvalue weighted by Crippen LogP contribution is 2.22. The summed E-state index contributed by atoms with van der Waals surface area (Å²) in [5.41, 5.74) is 0.558. The van der Waals surface area contributed by atoms with Crippen molar-refractivity contribution in [1.82, 2.24) is 9.62 Å². The topological polar surface area (TPSA) is 92.8 Å². The third kappa shape index (κ3) is 5.78. The molecule has 0 fully saturated rings. The zero-order valence-corrected chi connectivity index (χ0v) is 18.7. The second-order valence-corrected chi connectivity index (χ2v) is 9.66. The first-order valence-corrected chi connectivity index (χ1v) is 11.7. The Morgan fingerprint density at radius 3 is 2.42 bits per heavy atom. The first-order valence-electron chi connectivity index (χ1n) is 9.37. The molecule has 7 nitrogen and oxygen atoms in total. The van der Waals surface area contributed by atoms with Crippen LogP contribution in [0.4, 0.5) is 0 Å². The van der Waals surface area contributed by atoms with Gasteiger partial charge in [-0.05, 0) is 29.6 Å². The van der Waals surface area contributed by atoms with Crippen LogP contribution < -0.4 is 4.72 Å². The van der Waals surface area contributed by atoms with Gasteiger partial charge in [0.1, 0.15) is 0 Å². The summed E-state index contributed by atoms with van der Waals surface area (Å²) < 4.78 is 33.2. The van der Waals surface area contributed by atoms with E-state index < -0.39 is 28.0 Å². The van der Waals surface area contributed by atoms with Gasteiger partial charge >= 0.3 is 5.97 Å². The zero-order chi connectivity index (χ0) is 22.4. The number of hydrogen-bond donors (Lipinski definition) is 1. The Morgan fingerprint density at radius 2 is 1.77 bits per heavy atom. The lowest BCUT2D eigenvalue weighted by atomic mass is 10.1. The maximum atomic E-state index is 12.8. The minimum absolute atomic E-state index is 0.0338. The van der Waals surface area contributed by atoms with Gasteiger partial charge in [0.05, 0.1) is 10.5 Å². The van der Waals surface area contributed by atoms with E-state index in [2.05, 4.69) is 4.72 Å². The summed E-state index contributed by atoms with van der Waals surface area (Å²) in [7, 11) is -0.693. The fourth-order valence-corrected chi connectivity index (χ4v) is 4.54. The molecule has 162 valence electrons. The number of sulfonamides is 1. The molecule has 9 heteroatoms. The molecule has 2 aromatic carbocycles. The molecular formula is C22H22N2O5S2. The molecule has 3 rings (SSSR count). The summed E-state index contributed by atoms with van der Waals surface area (Å²) in [6.07, 6.45) is -1.14. The molecule has 0 aliphatic rings. The van der Waals surface area contributed by atoms with Gasteiger partial charge in [0.25, 0.3) is 5.91 Å². The number of amides is 1. The largest absolute Gasteiger partial charge is 0.444 e. The number of benzene rings is 2. The minimum atomic E-state index is -3.83. The van der Waals surface area contributed by atoms with Crippen LogP contribution in [0.3, 0.4) is 0 Å². The molecule has 0 saturated carbocycles. The highest BCUT2D eigenvalue weighted by molar-refractivity contribution is 7.89. The van der Waals surface area contributed by atoms with Crippen LogP contribution >= 0.6 is 11.3 Å². The van der Waals surface area contributed by atoms with E-state index in [-0.39, 0.29) is 17.0 Å². The van der Waals surface area contributed by atoms with Crippen molar-refractivity contribution in [2.24, 2.45) is 0 Å². The van der Waals surface area contributed by atoms with Crippen LogP contribution in [0.15, 0.2) is 77.0 Å². The van der Waals surface area contributed by atoms with Crippen LogP contribution in [-0.4, -0.2) is 39.3 Å². The number of carbonyl (C=O) groups excluding carboxylic acids is 2. The molecule has 3 aromatic rings. The normalized spacial score (nSPS) is 12.2. The number of nitrogens with zero attached hydrogens (tertiary/aromatic N) is 1. The summed E-state index contributed by atoms with van der Waals surface area (Å²) in [6.45, 7) is 0.155. The van der Waals surface area contributed by atoms with E-state index in [4.69, 9.17) is 4.74 Å². The Morgan fingerprint density at radius 1 is 1.03 bits per heavy atom. The third-order valence-electron chi connectivity index (χ3n) is 4.39. The average molecular weight is 459 g/mol. The second-order valence-electron chi connectivity index (χ2n) is 6.86. The molecule has 0 aliphatic carbocycles. The third-order valence-corrected chi connectivity index (χ3v) is 6.66. The Balaban J connectivity index is 1.80. The molecule has 1 atom stereocenters. The van der Waals surface area contributed by atoms with Crippen molar-refractivity contribution in [2.75, 3.05) is 14.1 Å². The van der Waals surface area contributed by atoms with Crippen LogP contribution in [0.1, 0.15) is 26.9 Å². The van der Waals surface area contributed by atoms with Gasteiger partial charge in [-0.1, -0.05) is 42.5 Å². The predicted octanol–water partition coefficient (Wildman–Crippen LogP) is 3.21. The number of likely N-dealkylation sites (N-methyl/N-ethyl adjacent to an activating group) is 1. The van der Waals surface area contributed by atoms with Crippen LogP contribution in [0, 0.1) is 0 Å². The smallest absolute Gasteiger partial charge is 0.339 e. The van der Waals surface area contributed by atoms with Crippen molar-refractivity contribution in [2.45, 2.75) is 17.5 Å². The molecule has 0 spiro atoms. The van der Waals surface area contributed by atoms with Crippen LogP contribution in [-0.2, 0) is 26.1 Å². The van der Waals surface area contributed by atoms with Gasteiger partial charge in [0.2, 0.25) is 16.1 Å². The summed E-state index contributed by atoms with van der Waals surface area (Å²) in [4.78, 5) is 27.5. The monoisotopic (exact) mass is 458 g/mol. The van der Waals surface area contributed by atoms with Crippen molar-refractivity contribution >= 4 is 33.2 Å². The van der Waals surface area contributed by atoms with Crippen molar-refractivity contribution in [3.63, 3.8) is 0 Å². The lowest BCUT2D eigenvalue weighted by Gasteiger charge is -2.21. The van der Waals surface area contributed by atoms with Gasteiger partial charge in [-0.15, -0.1) is 11.3 Å². The highest BCUT2D eigenvalue weighted by atomic mass is 32.2. The molecular weight excluding hydrogens is 436 g/mol. The summed E-state index contributed by atoms with van der Waals surface area (Å²) in [5.74, 6) is -1.19. The van der Waals surface area contributed by atoms with Crippen molar-refractivity contribution in [3.05, 3.63) is 88.1 Å². The maximum absolute atomic E-state index is 12.8. The predicted molar refractivity (Wildman–Crippen MR) is 118 cm³/mol. The second kappa shape index (κ2) is 9.86. The van der Waals surface area contributed by atoms with E-state index in [9.17, 15) is 18.0 Å². The van der Waals surface area contributed by atoms with Gasteiger partial charge in [0, 0.05) is 31.1 Å². The quantitative estimate of drug-likeness (QED) is 0.523. The van der Waals surface area contributed by atoms with Gasteiger partial charge in [0.15, 0.2) is 0 Å². The minimum Gasteiger partial charge on any atom is -0.444 e. The molecule has 31 heavy (non-hydrogen) atoms. The summed E-state index contributed by atoms with van der Waals surface area (Å²) in [5, 5.41) is 1.86. The Kier molecular flexibility index (Phi) is 7.21. The number of hydrogen-bond acceptors (Lipinski definition) is 6. The van der Waals surface area contributed by atoms with Crippen LogP contribution in [0.25, 0.3) is 0 Å². The van der Waals surface area contributed by atoms with Crippen molar-refractivity contribution in [3.8, 4) is 0 Å². The number of ether oxygens (including phenoxy) is 1. The van der Waals surface area contributed by atoms with E-state index in [1.807, 2.05) is 17.5 Å². The Hall–Kier alpha value is -3.01. The molecule has 1 heterocycles. The van der Waals surface area contributed by atoms with E-state index in [1.165, 1.54) is 40.5 Å². The fraction of sp³-hybridized carbons (Fsp3) is 0.182. The molecule has 1 amide bonds. The van der Waals surface area contributed by atoms with E-state index >= 15 is 0 Å². The standard InChI is InChI=1S/C22H22N2O5S2/c1-24(2)21(25)20(16-8-4-3-5-9-16)29-22(26)17-10-6-12-19(14-17)31(27,28)23-15-18-11-7-13-30-18/h3-14,20,23H,15H2,1-2H3.